The van der Waals surface area contributed by atoms with Crippen molar-refractivity contribution in [1.29, 1.82) is 0 Å². The van der Waals surface area contributed by atoms with E-state index in [1.54, 1.807) is 13.4 Å². The van der Waals surface area contributed by atoms with E-state index in [4.69, 9.17) is 16.3 Å². The van der Waals surface area contributed by atoms with Crippen LogP contribution in [0.2, 0.25) is 5.02 Å². The second-order valence-corrected chi connectivity index (χ2v) is 5.46. The Labute approximate surface area is 126 Å². The van der Waals surface area contributed by atoms with Gasteiger partial charge < -0.3 is 14.2 Å². The molecule has 0 unspecified atom stereocenters. The fourth-order valence-electron chi connectivity index (χ4n) is 2.66. The van der Waals surface area contributed by atoms with Gasteiger partial charge in [-0.25, -0.2) is 9.37 Å². The van der Waals surface area contributed by atoms with Gasteiger partial charge in [-0.2, -0.15) is 0 Å². The number of hydrogen-bond donors (Lipinski definition) is 0. The largest absolute Gasteiger partial charge is 0.380 e. The third-order valence-electron chi connectivity index (χ3n) is 3.70. The molecule has 0 N–H and O–H groups in total. The molecule has 6 nitrogen and oxygen atoms in total. The fourth-order valence-corrected chi connectivity index (χ4v) is 2.80. The molecule has 0 aliphatic carbocycles. The summed E-state index contributed by atoms with van der Waals surface area (Å²) < 4.78 is 21.4. The summed E-state index contributed by atoms with van der Waals surface area (Å²) in [6.45, 7) is 0.541. The minimum atomic E-state index is -0.452. The maximum absolute atomic E-state index is 14.2. The predicted octanol–water partition coefficient (Wildman–Crippen LogP) is 1.97. The molecule has 2 atom stereocenters. The van der Waals surface area contributed by atoms with Gasteiger partial charge in [0, 0.05) is 33.3 Å². The van der Waals surface area contributed by atoms with Crippen LogP contribution in [0.25, 0.3) is 0 Å². The normalized spacial score (nSPS) is 22.0. The SMILES string of the molecule is CO[C@@H]1C[C@@H](c2nncn2C)N(c2ncc(Cl)cc2F)C1. The van der Waals surface area contributed by atoms with Gasteiger partial charge in [0.1, 0.15) is 6.33 Å². The van der Waals surface area contributed by atoms with Crippen molar-refractivity contribution in [3.63, 3.8) is 0 Å². The van der Waals surface area contributed by atoms with Gasteiger partial charge >= 0.3 is 0 Å². The zero-order valence-electron chi connectivity index (χ0n) is 11.7. The smallest absolute Gasteiger partial charge is 0.167 e. The Morgan fingerprint density at radius 2 is 2.29 bits per heavy atom. The van der Waals surface area contributed by atoms with E-state index in [-0.39, 0.29) is 23.0 Å². The van der Waals surface area contributed by atoms with Crippen molar-refractivity contribution in [2.75, 3.05) is 18.6 Å². The molecule has 1 saturated heterocycles. The molecule has 1 fully saturated rings. The van der Waals surface area contributed by atoms with E-state index in [0.29, 0.717) is 13.0 Å². The maximum atomic E-state index is 14.2. The van der Waals surface area contributed by atoms with Crippen LogP contribution in [-0.4, -0.2) is 39.5 Å². The van der Waals surface area contributed by atoms with Crippen molar-refractivity contribution in [3.05, 3.63) is 35.3 Å². The quantitative estimate of drug-likeness (QED) is 0.867. The van der Waals surface area contributed by atoms with E-state index in [1.807, 2.05) is 16.5 Å². The lowest BCUT2D eigenvalue weighted by molar-refractivity contribution is 0.118. The lowest BCUT2D eigenvalue weighted by atomic mass is 10.2. The molecule has 0 spiro atoms. The van der Waals surface area contributed by atoms with Gasteiger partial charge in [-0.05, 0) is 6.07 Å². The second kappa shape index (κ2) is 5.57. The highest BCUT2D eigenvalue weighted by Crippen LogP contribution is 2.36. The molecular formula is C13H15ClFN5O. The number of aromatic nitrogens is 4. The highest BCUT2D eigenvalue weighted by atomic mass is 35.5. The minimum absolute atomic E-state index is 0.0106. The van der Waals surface area contributed by atoms with Crippen molar-refractivity contribution in [1.82, 2.24) is 19.7 Å². The van der Waals surface area contributed by atoms with Crippen LogP contribution in [0.1, 0.15) is 18.3 Å². The average Bonchev–Trinajstić information content (AvgIpc) is 3.04. The summed E-state index contributed by atoms with van der Waals surface area (Å²) >= 11 is 5.77. The number of anilines is 1. The first-order valence-electron chi connectivity index (χ1n) is 6.54. The van der Waals surface area contributed by atoms with Gasteiger partial charge in [0.2, 0.25) is 0 Å². The summed E-state index contributed by atoms with van der Waals surface area (Å²) in [5.41, 5.74) is 0. The molecule has 1 aliphatic heterocycles. The summed E-state index contributed by atoms with van der Waals surface area (Å²) in [4.78, 5) is 5.98. The van der Waals surface area contributed by atoms with Gasteiger partial charge in [-0.15, -0.1) is 10.2 Å². The monoisotopic (exact) mass is 311 g/mol. The van der Waals surface area contributed by atoms with Gasteiger partial charge in [0.05, 0.1) is 17.2 Å². The Morgan fingerprint density at radius 3 is 2.90 bits per heavy atom. The van der Waals surface area contributed by atoms with E-state index < -0.39 is 5.82 Å². The van der Waals surface area contributed by atoms with E-state index in [1.165, 1.54) is 12.3 Å². The Kier molecular flexibility index (Phi) is 3.77. The number of ether oxygens (including phenoxy) is 1. The summed E-state index contributed by atoms with van der Waals surface area (Å²) in [5, 5.41) is 8.29. The summed E-state index contributed by atoms with van der Waals surface area (Å²) in [6.07, 6.45) is 3.75. The Bertz CT molecular complexity index is 649. The van der Waals surface area contributed by atoms with E-state index >= 15 is 0 Å². The predicted molar refractivity (Wildman–Crippen MR) is 75.7 cm³/mol. The van der Waals surface area contributed by atoms with Crippen LogP contribution in [-0.2, 0) is 11.8 Å². The summed E-state index contributed by atoms with van der Waals surface area (Å²) in [5.74, 6) is 0.559. The van der Waals surface area contributed by atoms with Crippen molar-refractivity contribution < 1.29 is 9.13 Å². The number of aryl methyl sites for hydroxylation is 1. The van der Waals surface area contributed by atoms with Crippen molar-refractivity contribution in [3.8, 4) is 0 Å². The van der Waals surface area contributed by atoms with Gasteiger partial charge in [-0.1, -0.05) is 11.6 Å². The first-order chi connectivity index (χ1) is 10.1. The molecule has 0 amide bonds. The molecule has 0 aromatic carbocycles. The topological polar surface area (TPSA) is 56.1 Å². The van der Waals surface area contributed by atoms with E-state index in [0.717, 1.165) is 5.82 Å². The lowest BCUT2D eigenvalue weighted by Crippen LogP contribution is -2.28. The van der Waals surface area contributed by atoms with Gasteiger partial charge in [0.15, 0.2) is 17.5 Å². The molecule has 21 heavy (non-hydrogen) atoms. The van der Waals surface area contributed by atoms with E-state index in [2.05, 4.69) is 15.2 Å². The Morgan fingerprint density at radius 1 is 1.48 bits per heavy atom. The molecule has 1 aliphatic rings. The number of pyridine rings is 1. The fraction of sp³-hybridized carbons (Fsp3) is 0.462. The number of halogens is 2. The molecule has 0 bridgehead atoms. The zero-order valence-corrected chi connectivity index (χ0v) is 12.5. The first kappa shape index (κ1) is 14.2. The molecular weight excluding hydrogens is 297 g/mol. The van der Waals surface area contributed by atoms with E-state index in [9.17, 15) is 4.39 Å². The third kappa shape index (κ3) is 2.58. The van der Waals surface area contributed by atoms with Crippen molar-refractivity contribution in [2.45, 2.75) is 18.6 Å². The molecule has 0 radical (unpaired) electrons. The molecule has 3 rings (SSSR count). The summed E-state index contributed by atoms with van der Waals surface area (Å²) in [6, 6.07) is 1.13. The van der Waals surface area contributed by atoms with Crippen LogP contribution in [0, 0.1) is 5.82 Å². The Hall–Kier alpha value is -1.73. The molecule has 0 saturated carbocycles. The molecule has 112 valence electrons. The van der Waals surface area contributed by atoms with Crippen LogP contribution >= 0.6 is 11.6 Å². The summed E-state index contributed by atoms with van der Waals surface area (Å²) in [7, 11) is 3.51. The van der Waals surface area contributed by atoms with Crippen LogP contribution < -0.4 is 4.90 Å². The first-order valence-corrected chi connectivity index (χ1v) is 6.92. The average molecular weight is 312 g/mol. The second-order valence-electron chi connectivity index (χ2n) is 5.02. The third-order valence-corrected chi connectivity index (χ3v) is 3.91. The van der Waals surface area contributed by atoms with Crippen LogP contribution in [0.4, 0.5) is 10.2 Å². The van der Waals surface area contributed by atoms with Crippen LogP contribution in [0.3, 0.4) is 0 Å². The van der Waals surface area contributed by atoms with Gasteiger partial charge in [0.25, 0.3) is 0 Å². The lowest BCUT2D eigenvalue weighted by Gasteiger charge is -2.24. The molecule has 2 aromatic heterocycles. The van der Waals surface area contributed by atoms with Crippen LogP contribution in [0.15, 0.2) is 18.6 Å². The zero-order chi connectivity index (χ0) is 15.0. The highest BCUT2D eigenvalue weighted by Gasteiger charge is 2.37. The Balaban J connectivity index is 1.99. The van der Waals surface area contributed by atoms with Crippen molar-refractivity contribution in [2.24, 2.45) is 7.05 Å². The number of nitrogens with zero attached hydrogens (tertiary/aromatic N) is 5. The maximum Gasteiger partial charge on any atom is 0.167 e. The minimum Gasteiger partial charge on any atom is -0.380 e. The van der Waals surface area contributed by atoms with Crippen LogP contribution in [0.5, 0.6) is 0 Å². The molecule has 8 heteroatoms. The number of rotatable bonds is 3. The highest BCUT2D eigenvalue weighted by molar-refractivity contribution is 6.30. The standard InChI is InChI=1S/C13H15ClFN5O/c1-19-7-17-18-13(19)11-4-9(21-2)6-20(11)12-10(15)3-8(14)5-16-12/h3,5,7,9,11H,4,6H2,1-2H3/t9-,11+/m1/s1. The number of hydrogen-bond acceptors (Lipinski definition) is 5. The molecule has 2 aromatic rings. The molecule has 3 heterocycles. The number of methoxy groups -OCH3 is 1. The van der Waals surface area contributed by atoms with Crippen molar-refractivity contribution >= 4 is 17.4 Å². The van der Waals surface area contributed by atoms with Gasteiger partial charge in [-0.3, -0.25) is 0 Å².